The third kappa shape index (κ3) is 6.34. The van der Waals surface area contributed by atoms with Gasteiger partial charge in [-0.3, -0.25) is 0 Å². The van der Waals surface area contributed by atoms with Crippen molar-refractivity contribution in [2.75, 3.05) is 13.1 Å². The van der Waals surface area contributed by atoms with Crippen LogP contribution in [0.4, 0.5) is 4.79 Å². The van der Waals surface area contributed by atoms with Crippen molar-refractivity contribution in [1.29, 1.82) is 0 Å². The zero-order chi connectivity index (χ0) is 18.0. The van der Waals surface area contributed by atoms with Crippen LogP contribution >= 0.6 is 0 Å². The average molecular weight is 345 g/mol. The molecule has 0 saturated carbocycles. The quantitative estimate of drug-likeness (QED) is 0.565. The molecule has 0 bridgehead atoms. The lowest BCUT2D eigenvalue weighted by Gasteiger charge is -2.37. The lowest BCUT2D eigenvalue weighted by molar-refractivity contribution is 0.0149. The van der Waals surface area contributed by atoms with Crippen molar-refractivity contribution in [3.63, 3.8) is 0 Å². The van der Waals surface area contributed by atoms with Crippen molar-refractivity contribution in [3.8, 4) is 0 Å². The Morgan fingerprint density at radius 1 is 1.26 bits per heavy atom. The molecule has 1 saturated heterocycles. The molecule has 0 aromatic rings. The van der Waals surface area contributed by atoms with Gasteiger partial charge in [-0.2, -0.15) is 0 Å². The van der Waals surface area contributed by atoms with Gasteiger partial charge in [0.1, 0.15) is 21.7 Å². The average Bonchev–Trinajstić information content (AvgIpc) is 2.34. The molecule has 0 aromatic heterocycles. The lowest BCUT2D eigenvalue weighted by Crippen LogP contribution is -2.46. The maximum atomic E-state index is 12.2. The van der Waals surface area contributed by atoms with E-state index < -0.39 is 17.0 Å². The van der Waals surface area contributed by atoms with Crippen molar-refractivity contribution in [2.24, 2.45) is 16.2 Å². The largest absolute Gasteiger partial charge is 0.591 e. The molecule has 0 radical (unpaired) electrons. The number of hydrogen-bond donors (Lipinski definition) is 0. The molecule has 1 amide bonds. The van der Waals surface area contributed by atoms with E-state index in [-0.39, 0.29) is 22.7 Å². The molecular formula is C17H32N2O3S. The van der Waals surface area contributed by atoms with Crippen molar-refractivity contribution in [1.82, 2.24) is 4.90 Å². The Balaban J connectivity index is 2.69. The second kappa shape index (κ2) is 7.43. The van der Waals surface area contributed by atoms with Gasteiger partial charge in [0.15, 0.2) is 0 Å². The Morgan fingerprint density at radius 2 is 1.83 bits per heavy atom. The molecular weight excluding hydrogens is 312 g/mol. The maximum Gasteiger partial charge on any atom is 0.410 e. The first-order chi connectivity index (χ1) is 10.3. The summed E-state index contributed by atoms with van der Waals surface area (Å²) >= 11 is -1.23. The Bertz CT molecular complexity index is 452. The first-order valence-corrected chi connectivity index (χ1v) is 9.37. The van der Waals surface area contributed by atoms with Crippen LogP contribution in [0.5, 0.6) is 0 Å². The van der Waals surface area contributed by atoms with Gasteiger partial charge in [0, 0.05) is 19.0 Å². The topological polar surface area (TPSA) is 65.0 Å². The summed E-state index contributed by atoms with van der Waals surface area (Å²) in [5, 5.41) is 0. The summed E-state index contributed by atoms with van der Waals surface area (Å²) in [6, 6.07) is 0. The lowest BCUT2D eigenvalue weighted by atomic mass is 9.84. The summed E-state index contributed by atoms with van der Waals surface area (Å²) in [7, 11) is 0. The van der Waals surface area contributed by atoms with E-state index in [1.807, 2.05) is 48.5 Å². The number of nitrogens with zero attached hydrogens (tertiary/aromatic N) is 2. The van der Waals surface area contributed by atoms with Crippen LogP contribution in [0.25, 0.3) is 0 Å². The number of amides is 1. The van der Waals surface area contributed by atoms with Gasteiger partial charge in [-0.15, -0.1) is 0 Å². The molecule has 134 valence electrons. The number of piperidine rings is 1. The first kappa shape index (κ1) is 20.3. The molecule has 3 atom stereocenters. The van der Waals surface area contributed by atoms with E-state index in [1.165, 1.54) is 0 Å². The minimum atomic E-state index is -1.23. The van der Waals surface area contributed by atoms with Gasteiger partial charge in [0.05, 0.1) is 5.71 Å². The minimum absolute atomic E-state index is 0.254. The van der Waals surface area contributed by atoms with Crippen molar-refractivity contribution in [2.45, 2.75) is 72.2 Å². The predicted molar refractivity (Wildman–Crippen MR) is 96.1 cm³/mol. The summed E-state index contributed by atoms with van der Waals surface area (Å²) in [6.45, 7) is 16.8. The van der Waals surface area contributed by atoms with Crippen LogP contribution in [-0.4, -0.2) is 44.7 Å². The van der Waals surface area contributed by atoms with Gasteiger partial charge in [-0.25, -0.2) is 4.79 Å². The Labute approximate surface area is 144 Å². The fourth-order valence-corrected chi connectivity index (χ4v) is 3.26. The monoisotopic (exact) mass is 344 g/mol. The van der Waals surface area contributed by atoms with E-state index in [0.717, 1.165) is 12.1 Å². The molecule has 1 aliphatic rings. The van der Waals surface area contributed by atoms with Crippen LogP contribution in [0.2, 0.25) is 0 Å². The van der Waals surface area contributed by atoms with Crippen LogP contribution in [-0.2, 0) is 16.1 Å². The van der Waals surface area contributed by atoms with Gasteiger partial charge in [-0.05, 0) is 60.8 Å². The molecule has 5 nitrogen and oxygen atoms in total. The first-order valence-electron chi connectivity index (χ1n) is 8.26. The van der Waals surface area contributed by atoms with Gasteiger partial charge in [-0.1, -0.05) is 11.3 Å². The summed E-state index contributed by atoms with van der Waals surface area (Å²) < 4.78 is 21.7. The van der Waals surface area contributed by atoms with Crippen LogP contribution in [0.15, 0.2) is 4.40 Å². The minimum Gasteiger partial charge on any atom is -0.591 e. The molecule has 0 aromatic carbocycles. The molecule has 0 spiro atoms. The molecule has 6 heteroatoms. The highest BCUT2D eigenvalue weighted by Gasteiger charge is 2.34. The molecule has 0 aliphatic carbocycles. The standard InChI is InChI=1S/C17H32N2O3S/c1-12-11-19(15(20)22-16(3,4)5)10-9-14(12)13(2)18-23(21)17(6,7)8/h12,14H,9-11H2,1-8H3/b18-13+/t12-,14+,23+/m1/s1. The highest BCUT2D eigenvalue weighted by atomic mass is 32.2. The van der Waals surface area contributed by atoms with E-state index in [9.17, 15) is 9.35 Å². The Kier molecular flexibility index (Phi) is 6.55. The molecule has 0 N–H and O–H groups in total. The highest BCUT2D eigenvalue weighted by Crippen LogP contribution is 2.27. The van der Waals surface area contributed by atoms with Gasteiger partial charge in [0.25, 0.3) is 0 Å². The summed E-state index contributed by atoms with van der Waals surface area (Å²) in [5.74, 6) is 0.539. The number of carbonyl (C=O) groups excluding carboxylic acids is 1. The van der Waals surface area contributed by atoms with Crippen LogP contribution < -0.4 is 0 Å². The number of rotatable bonds is 2. The second-order valence-corrected chi connectivity index (χ2v) is 10.3. The normalized spacial score (nSPS) is 25.3. The van der Waals surface area contributed by atoms with Crippen LogP contribution in [0, 0.1) is 11.8 Å². The Morgan fingerprint density at radius 3 is 2.26 bits per heavy atom. The van der Waals surface area contributed by atoms with E-state index in [1.54, 1.807) is 4.90 Å². The van der Waals surface area contributed by atoms with Crippen LogP contribution in [0.1, 0.15) is 61.8 Å². The van der Waals surface area contributed by atoms with Gasteiger partial charge < -0.3 is 14.2 Å². The number of hydrogen-bond acceptors (Lipinski definition) is 4. The molecule has 1 heterocycles. The molecule has 1 rings (SSSR count). The van der Waals surface area contributed by atoms with Crippen LogP contribution in [0.3, 0.4) is 0 Å². The van der Waals surface area contributed by atoms with Gasteiger partial charge in [0.2, 0.25) is 0 Å². The number of carbonyl (C=O) groups is 1. The van der Waals surface area contributed by atoms with Gasteiger partial charge >= 0.3 is 6.09 Å². The second-order valence-electron chi connectivity index (χ2n) is 8.39. The van der Waals surface area contributed by atoms with Crippen molar-refractivity contribution >= 4 is 23.2 Å². The fraction of sp³-hybridized carbons (Fsp3) is 0.882. The zero-order valence-electron chi connectivity index (χ0n) is 15.8. The third-order valence-corrected chi connectivity index (χ3v) is 5.35. The molecule has 1 aliphatic heterocycles. The Hall–Kier alpha value is -0.750. The number of likely N-dealkylation sites (tertiary alicyclic amines) is 1. The zero-order valence-corrected chi connectivity index (χ0v) is 16.6. The van der Waals surface area contributed by atoms with E-state index >= 15 is 0 Å². The number of ether oxygens (including phenoxy) is 1. The third-order valence-electron chi connectivity index (χ3n) is 3.84. The van der Waals surface area contributed by atoms with E-state index in [4.69, 9.17) is 4.74 Å². The summed E-state index contributed by atoms with van der Waals surface area (Å²) in [4.78, 5) is 13.9. The smallest absolute Gasteiger partial charge is 0.410 e. The summed E-state index contributed by atoms with van der Waals surface area (Å²) in [6.07, 6.45) is 0.576. The van der Waals surface area contributed by atoms with E-state index in [0.29, 0.717) is 13.1 Å². The molecule has 1 fully saturated rings. The van der Waals surface area contributed by atoms with E-state index in [2.05, 4.69) is 11.3 Å². The highest BCUT2D eigenvalue weighted by molar-refractivity contribution is 7.91. The summed E-state index contributed by atoms with van der Waals surface area (Å²) in [5.41, 5.74) is 0.451. The fourth-order valence-electron chi connectivity index (χ4n) is 2.59. The maximum absolute atomic E-state index is 12.2. The van der Waals surface area contributed by atoms with Crippen molar-refractivity contribution < 1.29 is 14.1 Å². The molecule has 23 heavy (non-hydrogen) atoms. The van der Waals surface area contributed by atoms with Crippen molar-refractivity contribution in [3.05, 3.63) is 0 Å². The predicted octanol–water partition coefficient (Wildman–Crippen LogP) is 3.80. The SMILES string of the molecule is C/C(=N\[S@@+]([O-])C(C)(C)C)[C@H]1CCN(C(=O)OC(C)(C)C)C[C@H]1C. The molecule has 0 unspecified atom stereocenters.